The van der Waals surface area contributed by atoms with E-state index in [4.69, 9.17) is 28.5 Å². The van der Waals surface area contributed by atoms with Crippen molar-refractivity contribution in [2.24, 2.45) is 0 Å². The summed E-state index contributed by atoms with van der Waals surface area (Å²) in [5.74, 6) is -0.227. The Morgan fingerprint density at radius 3 is 2.48 bits per heavy atom. The highest BCUT2D eigenvalue weighted by Gasteiger charge is 2.11. The Balaban J connectivity index is 2.30. The third-order valence-corrected chi connectivity index (χ3v) is 3.53. The molecule has 0 aromatic heterocycles. The van der Waals surface area contributed by atoms with Gasteiger partial charge in [0.1, 0.15) is 0 Å². The van der Waals surface area contributed by atoms with E-state index in [0.29, 0.717) is 27.7 Å². The average Bonchev–Trinajstić information content (AvgIpc) is 2.47. The minimum Gasteiger partial charge on any atom is -0.351 e. The number of nitriles is 1. The predicted molar refractivity (Wildman–Crippen MR) is 84.5 cm³/mol. The van der Waals surface area contributed by atoms with E-state index in [0.717, 1.165) is 5.56 Å². The van der Waals surface area contributed by atoms with Gasteiger partial charge in [-0.05, 0) is 29.8 Å². The van der Waals surface area contributed by atoms with E-state index in [2.05, 4.69) is 5.32 Å². The minimum atomic E-state index is -0.227. The Morgan fingerprint density at radius 1 is 1.14 bits per heavy atom. The van der Waals surface area contributed by atoms with Gasteiger partial charge in [-0.3, -0.25) is 4.79 Å². The molecule has 3 nitrogen and oxygen atoms in total. The fourth-order valence-electron chi connectivity index (χ4n) is 1.92. The molecule has 0 fully saturated rings. The SMILES string of the molecule is N#CCCNC(=O)c1cccc(-c2c(Cl)cccc2Cl)c1. The molecule has 0 unspecified atom stereocenters. The fraction of sp³-hybridized carbons (Fsp3) is 0.125. The number of benzene rings is 2. The van der Waals surface area contributed by atoms with Crippen LogP contribution in [0, 0.1) is 11.3 Å². The molecular weight excluding hydrogens is 307 g/mol. The Hall–Kier alpha value is -2.02. The van der Waals surface area contributed by atoms with Crippen molar-refractivity contribution in [2.75, 3.05) is 6.54 Å². The zero-order valence-corrected chi connectivity index (χ0v) is 12.6. The molecule has 0 heterocycles. The van der Waals surface area contributed by atoms with E-state index < -0.39 is 0 Å². The first-order chi connectivity index (χ1) is 10.1. The smallest absolute Gasteiger partial charge is 0.251 e. The lowest BCUT2D eigenvalue weighted by molar-refractivity contribution is 0.0954. The van der Waals surface area contributed by atoms with Gasteiger partial charge in [-0.15, -0.1) is 0 Å². The molecule has 2 rings (SSSR count). The Bertz CT molecular complexity index is 687. The third-order valence-electron chi connectivity index (χ3n) is 2.90. The quantitative estimate of drug-likeness (QED) is 0.854. The van der Waals surface area contributed by atoms with Crippen LogP contribution < -0.4 is 5.32 Å². The highest BCUT2D eigenvalue weighted by atomic mass is 35.5. The normalized spacial score (nSPS) is 9.95. The van der Waals surface area contributed by atoms with E-state index in [1.807, 2.05) is 12.1 Å². The first kappa shape index (κ1) is 15.4. The monoisotopic (exact) mass is 318 g/mol. The van der Waals surface area contributed by atoms with E-state index in [9.17, 15) is 4.79 Å². The van der Waals surface area contributed by atoms with Crippen molar-refractivity contribution in [3.05, 3.63) is 58.1 Å². The van der Waals surface area contributed by atoms with Crippen molar-refractivity contribution in [1.29, 1.82) is 5.26 Å². The molecule has 0 atom stereocenters. The third kappa shape index (κ3) is 3.75. The molecule has 1 N–H and O–H groups in total. The van der Waals surface area contributed by atoms with Gasteiger partial charge >= 0.3 is 0 Å². The van der Waals surface area contributed by atoms with Crippen molar-refractivity contribution in [3.63, 3.8) is 0 Å². The number of rotatable bonds is 4. The van der Waals surface area contributed by atoms with Crippen LogP contribution in [0.25, 0.3) is 11.1 Å². The lowest BCUT2D eigenvalue weighted by Gasteiger charge is -2.09. The summed E-state index contributed by atoms with van der Waals surface area (Å²) in [5, 5.41) is 12.2. The van der Waals surface area contributed by atoms with Crippen LogP contribution in [0.1, 0.15) is 16.8 Å². The van der Waals surface area contributed by atoms with Crippen LogP contribution >= 0.6 is 23.2 Å². The molecular formula is C16H12Cl2N2O. The molecule has 21 heavy (non-hydrogen) atoms. The summed E-state index contributed by atoms with van der Waals surface area (Å²) in [6.07, 6.45) is 0.280. The first-order valence-electron chi connectivity index (χ1n) is 6.33. The molecule has 106 valence electrons. The average molecular weight is 319 g/mol. The summed E-state index contributed by atoms with van der Waals surface area (Å²) in [4.78, 5) is 12.0. The number of amides is 1. The number of carbonyl (C=O) groups excluding carboxylic acids is 1. The number of carbonyl (C=O) groups is 1. The van der Waals surface area contributed by atoms with Crippen LogP contribution in [-0.2, 0) is 0 Å². The highest BCUT2D eigenvalue weighted by Crippen LogP contribution is 2.34. The van der Waals surface area contributed by atoms with E-state index >= 15 is 0 Å². The van der Waals surface area contributed by atoms with Gasteiger partial charge in [0.05, 0.1) is 12.5 Å². The molecule has 0 bridgehead atoms. The highest BCUT2D eigenvalue weighted by molar-refractivity contribution is 6.39. The van der Waals surface area contributed by atoms with Crippen LogP contribution in [0.15, 0.2) is 42.5 Å². The van der Waals surface area contributed by atoms with Gasteiger partial charge in [-0.2, -0.15) is 5.26 Å². The van der Waals surface area contributed by atoms with E-state index in [1.54, 1.807) is 36.4 Å². The minimum absolute atomic E-state index is 0.227. The predicted octanol–water partition coefficient (Wildman–Crippen LogP) is 4.30. The summed E-state index contributed by atoms with van der Waals surface area (Å²) >= 11 is 12.4. The molecule has 0 saturated heterocycles. The standard InChI is InChI=1S/C16H12Cl2N2O/c17-13-6-2-7-14(18)15(13)11-4-1-5-12(10-11)16(21)20-9-3-8-19/h1-2,4-7,10H,3,9H2,(H,20,21). The van der Waals surface area contributed by atoms with E-state index in [1.165, 1.54) is 0 Å². The molecule has 0 aliphatic rings. The lowest BCUT2D eigenvalue weighted by atomic mass is 10.0. The van der Waals surface area contributed by atoms with Gasteiger partial charge in [-0.1, -0.05) is 41.4 Å². The number of nitrogens with zero attached hydrogens (tertiary/aromatic N) is 1. The zero-order chi connectivity index (χ0) is 15.2. The topological polar surface area (TPSA) is 52.9 Å². The first-order valence-corrected chi connectivity index (χ1v) is 7.08. The molecule has 0 spiro atoms. The fourth-order valence-corrected chi connectivity index (χ4v) is 2.54. The summed E-state index contributed by atoms with van der Waals surface area (Å²) in [6.45, 7) is 0.326. The molecule has 0 aliphatic heterocycles. The molecule has 1 amide bonds. The maximum absolute atomic E-state index is 12.0. The van der Waals surface area contributed by atoms with Gasteiger partial charge in [0, 0.05) is 27.7 Å². The second-order valence-electron chi connectivity index (χ2n) is 4.34. The number of halogens is 2. The maximum Gasteiger partial charge on any atom is 0.251 e. The van der Waals surface area contributed by atoms with Crippen LogP contribution in [0.5, 0.6) is 0 Å². The van der Waals surface area contributed by atoms with Gasteiger partial charge in [-0.25, -0.2) is 0 Å². The van der Waals surface area contributed by atoms with Crippen molar-refractivity contribution in [3.8, 4) is 17.2 Å². The van der Waals surface area contributed by atoms with Crippen LogP contribution in [-0.4, -0.2) is 12.5 Å². The molecule has 2 aromatic rings. The molecule has 2 aromatic carbocycles. The van der Waals surface area contributed by atoms with Crippen molar-refractivity contribution >= 4 is 29.1 Å². The van der Waals surface area contributed by atoms with Crippen LogP contribution in [0.2, 0.25) is 10.0 Å². The van der Waals surface area contributed by atoms with Gasteiger partial charge in [0.25, 0.3) is 5.91 Å². The van der Waals surface area contributed by atoms with Crippen molar-refractivity contribution in [1.82, 2.24) is 5.32 Å². The van der Waals surface area contributed by atoms with Crippen molar-refractivity contribution < 1.29 is 4.79 Å². The summed E-state index contributed by atoms with van der Waals surface area (Å²) < 4.78 is 0. The van der Waals surface area contributed by atoms with Gasteiger partial charge in [0.2, 0.25) is 0 Å². The Labute approximate surface area is 133 Å². The second-order valence-corrected chi connectivity index (χ2v) is 5.16. The Morgan fingerprint density at radius 2 is 1.81 bits per heavy atom. The van der Waals surface area contributed by atoms with Gasteiger partial charge in [0.15, 0.2) is 0 Å². The molecule has 0 saturated carbocycles. The lowest BCUT2D eigenvalue weighted by Crippen LogP contribution is -2.24. The van der Waals surface area contributed by atoms with Crippen LogP contribution in [0.4, 0.5) is 0 Å². The van der Waals surface area contributed by atoms with Crippen molar-refractivity contribution in [2.45, 2.75) is 6.42 Å². The molecule has 0 radical (unpaired) electrons. The summed E-state index contributed by atoms with van der Waals surface area (Å²) in [7, 11) is 0. The number of nitrogens with one attached hydrogen (secondary N) is 1. The van der Waals surface area contributed by atoms with E-state index in [-0.39, 0.29) is 12.3 Å². The Kier molecular flexibility index (Phi) is 5.21. The largest absolute Gasteiger partial charge is 0.351 e. The number of hydrogen-bond acceptors (Lipinski definition) is 2. The summed E-state index contributed by atoms with van der Waals surface area (Å²) in [6, 6.07) is 14.3. The summed E-state index contributed by atoms with van der Waals surface area (Å²) in [5.41, 5.74) is 1.98. The maximum atomic E-state index is 12.0. The number of hydrogen-bond donors (Lipinski definition) is 1. The van der Waals surface area contributed by atoms with Crippen LogP contribution in [0.3, 0.4) is 0 Å². The molecule has 5 heteroatoms. The molecule has 0 aliphatic carbocycles. The van der Waals surface area contributed by atoms with Gasteiger partial charge < -0.3 is 5.32 Å². The second kappa shape index (κ2) is 7.12. The zero-order valence-electron chi connectivity index (χ0n) is 11.1.